The minimum absolute atomic E-state index is 0.267. The second-order valence-corrected chi connectivity index (χ2v) is 6.91. The van der Waals surface area contributed by atoms with Gasteiger partial charge < -0.3 is 14.8 Å². The van der Waals surface area contributed by atoms with Crippen molar-refractivity contribution in [2.45, 2.75) is 6.61 Å². The van der Waals surface area contributed by atoms with Crippen LogP contribution in [0.3, 0.4) is 0 Å². The highest BCUT2D eigenvalue weighted by Crippen LogP contribution is 2.29. The van der Waals surface area contributed by atoms with E-state index in [0.717, 1.165) is 22.4 Å². The van der Waals surface area contributed by atoms with Crippen LogP contribution in [0.15, 0.2) is 79.4 Å². The van der Waals surface area contributed by atoms with Crippen molar-refractivity contribution in [1.29, 1.82) is 0 Å². The number of aromatic nitrogens is 3. The Kier molecular flexibility index (Phi) is 5.93. The maximum Gasteiger partial charge on any atom is 0.259 e. The number of amides is 1. The fraction of sp³-hybridized carbons (Fsp3) is 0.125. The average Bonchev–Trinajstić information content (AvgIpc) is 3.24. The zero-order valence-electron chi connectivity index (χ0n) is 17.3. The topological polar surface area (TPSA) is 78.3 Å². The molecule has 1 amide bonds. The van der Waals surface area contributed by atoms with Gasteiger partial charge in [-0.25, -0.2) is 0 Å². The van der Waals surface area contributed by atoms with Gasteiger partial charge in [0.05, 0.1) is 30.8 Å². The number of nitrogens with zero attached hydrogens (tertiary/aromatic N) is 3. The number of hydrogen-bond donors (Lipinski definition) is 1. The van der Waals surface area contributed by atoms with Gasteiger partial charge in [0.25, 0.3) is 5.91 Å². The number of carbonyl (C=O) groups excluding carboxylic acids is 1. The highest BCUT2D eigenvalue weighted by Gasteiger charge is 2.16. The van der Waals surface area contributed by atoms with Crippen LogP contribution < -0.4 is 14.8 Å². The van der Waals surface area contributed by atoms with Crippen LogP contribution in [0.5, 0.6) is 11.5 Å². The Hall–Kier alpha value is -4.13. The summed E-state index contributed by atoms with van der Waals surface area (Å²) < 4.78 is 13.2. The Labute approximate surface area is 180 Å². The normalized spacial score (nSPS) is 10.5. The van der Waals surface area contributed by atoms with Gasteiger partial charge in [0.15, 0.2) is 0 Å². The molecule has 0 spiro atoms. The summed E-state index contributed by atoms with van der Waals surface area (Å²) in [5.41, 5.74) is 3.69. The van der Waals surface area contributed by atoms with Crippen LogP contribution in [0.25, 0.3) is 11.1 Å². The van der Waals surface area contributed by atoms with E-state index in [0.29, 0.717) is 17.0 Å². The number of rotatable bonds is 7. The highest BCUT2D eigenvalue weighted by atomic mass is 16.5. The number of aryl methyl sites for hydroxylation is 1. The first-order chi connectivity index (χ1) is 15.1. The lowest BCUT2D eigenvalue weighted by atomic mass is 10.0. The van der Waals surface area contributed by atoms with Crippen molar-refractivity contribution >= 4 is 11.6 Å². The van der Waals surface area contributed by atoms with E-state index >= 15 is 0 Å². The summed E-state index contributed by atoms with van der Waals surface area (Å²) in [5, 5.41) is 7.09. The van der Waals surface area contributed by atoms with Crippen molar-refractivity contribution in [3.05, 3.63) is 90.5 Å². The molecule has 7 nitrogen and oxygen atoms in total. The molecule has 4 rings (SSSR count). The van der Waals surface area contributed by atoms with Crippen molar-refractivity contribution in [1.82, 2.24) is 14.8 Å². The monoisotopic (exact) mass is 414 g/mol. The molecule has 2 aromatic carbocycles. The van der Waals surface area contributed by atoms with Crippen molar-refractivity contribution in [2.75, 3.05) is 12.4 Å². The summed E-state index contributed by atoms with van der Waals surface area (Å²) in [5.74, 6) is 0.921. The van der Waals surface area contributed by atoms with Crippen LogP contribution in [-0.2, 0) is 13.7 Å². The number of carbonyl (C=O) groups is 1. The number of hydrogen-bond acceptors (Lipinski definition) is 5. The van der Waals surface area contributed by atoms with Gasteiger partial charge in [-0.1, -0.05) is 24.3 Å². The number of anilines is 1. The van der Waals surface area contributed by atoms with E-state index in [2.05, 4.69) is 15.4 Å². The number of para-hydroxylation sites is 1. The predicted octanol–water partition coefficient (Wildman–Crippen LogP) is 4.32. The number of benzene rings is 2. The third kappa shape index (κ3) is 4.72. The van der Waals surface area contributed by atoms with Crippen molar-refractivity contribution in [3.63, 3.8) is 0 Å². The lowest BCUT2D eigenvalue weighted by Gasteiger charge is -2.14. The molecule has 0 aliphatic rings. The summed E-state index contributed by atoms with van der Waals surface area (Å²) in [4.78, 5) is 17.1. The molecular formula is C24H22N4O3. The smallest absolute Gasteiger partial charge is 0.259 e. The first-order valence-electron chi connectivity index (χ1n) is 9.73. The molecule has 4 aromatic rings. The molecule has 31 heavy (non-hydrogen) atoms. The number of methoxy groups -OCH3 is 1. The van der Waals surface area contributed by atoms with Gasteiger partial charge in [-0.3, -0.25) is 14.5 Å². The second-order valence-electron chi connectivity index (χ2n) is 6.91. The standard InChI is InChI=1S/C24H22N4O3/c1-28-15-19(13-26-28)17-9-10-23(31-16-18-6-3-4-8-22(18)30-2)21(12-17)24(29)27-20-7-5-11-25-14-20/h3-15H,16H2,1-2H3,(H,27,29). The molecule has 0 saturated carbocycles. The van der Waals surface area contributed by atoms with Crippen LogP contribution in [0.1, 0.15) is 15.9 Å². The zero-order chi connectivity index (χ0) is 21.6. The van der Waals surface area contributed by atoms with Crippen molar-refractivity contribution in [3.8, 4) is 22.6 Å². The van der Waals surface area contributed by atoms with Gasteiger partial charge in [-0.2, -0.15) is 5.10 Å². The predicted molar refractivity (Wildman–Crippen MR) is 118 cm³/mol. The van der Waals surface area contributed by atoms with Gasteiger partial charge in [-0.15, -0.1) is 0 Å². The number of pyridine rings is 1. The van der Waals surface area contributed by atoms with Crippen LogP contribution in [0, 0.1) is 0 Å². The second kappa shape index (κ2) is 9.13. The molecule has 0 aliphatic carbocycles. The fourth-order valence-corrected chi connectivity index (χ4v) is 3.20. The molecule has 0 atom stereocenters. The molecule has 7 heteroatoms. The average molecular weight is 414 g/mol. The Morgan fingerprint density at radius 1 is 1.03 bits per heavy atom. The lowest BCUT2D eigenvalue weighted by Crippen LogP contribution is -2.14. The first-order valence-corrected chi connectivity index (χ1v) is 9.73. The highest BCUT2D eigenvalue weighted by molar-refractivity contribution is 6.06. The minimum Gasteiger partial charge on any atom is -0.496 e. The Balaban J connectivity index is 1.65. The Morgan fingerprint density at radius 2 is 1.90 bits per heavy atom. The molecular weight excluding hydrogens is 392 g/mol. The third-order valence-corrected chi connectivity index (χ3v) is 4.76. The van der Waals surface area contributed by atoms with E-state index in [1.807, 2.05) is 43.6 Å². The summed E-state index contributed by atoms with van der Waals surface area (Å²) in [6.07, 6.45) is 6.90. The van der Waals surface area contributed by atoms with E-state index in [-0.39, 0.29) is 12.5 Å². The number of nitrogens with one attached hydrogen (secondary N) is 1. The van der Waals surface area contributed by atoms with Crippen LogP contribution in [0.2, 0.25) is 0 Å². The van der Waals surface area contributed by atoms with Gasteiger partial charge in [0.1, 0.15) is 18.1 Å². The molecule has 0 saturated heterocycles. The molecule has 2 heterocycles. The first kappa shape index (κ1) is 20.2. The maximum atomic E-state index is 13.1. The van der Waals surface area contributed by atoms with Crippen LogP contribution in [-0.4, -0.2) is 27.8 Å². The number of ether oxygens (including phenoxy) is 2. The van der Waals surface area contributed by atoms with Gasteiger partial charge in [0.2, 0.25) is 0 Å². The van der Waals surface area contributed by atoms with Crippen molar-refractivity contribution in [2.24, 2.45) is 7.05 Å². The molecule has 0 radical (unpaired) electrons. The third-order valence-electron chi connectivity index (χ3n) is 4.76. The quantitative estimate of drug-likeness (QED) is 0.487. The molecule has 0 unspecified atom stereocenters. The largest absolute Gasteiger partial charge is 0.496 e. The summed E-state index contributed by atoms with van der Waals surface area (Å²) in [6, 6.07) is 16.7. The van der Waals surface area contributed by atoms with Gasteiger partial charge >= 0.3 is 0 Å². The SMILES string of the molecule is COc1ccccc1COc1ccc(-c2cnn(C)c2)cc1C(=O)Nc1cccnc1. The van der Waals surface area contributed by atoms with E-state index in [4.69, 9.17) is 9.47 Å². The molecule has 1 N–H and O–H groups in total. The molecule has 0 bridgehead atoms. The maximum absolute atomic E-state index is 13.1. The van der Waals surface area contributed by atoms with Crippen molar-refractivity contribution < 1.29 is 14.3 Å². The molecule has 0 fully saturated rings. The van der Waals surface area contributed by atoms with Crippen LogP contribution >= 0.6 is 0 Å². The zero-order valence-corrected chi connectivity index (χ0v) is 17.3. The fourth-order valence-electron chi connectivity index (χ4n) is 3.20. The molecule has 0 aliphatic heterocycles. The van der Waals surface area contributed by atoms with E-state index in [1.54, 1.807) is 54.6 Å². The van der Waals surface area contributed by atoms with Gasteiger partial charge in [-0.05, 0) is 35.9 Å². The summed E-state index contributed by atoms with van der Waals surface area (Å²) >= 11 is 0. The van der Waals surface area contributed by atoms with E-state index < -0.39 is 0 Å². The minimum atomic E-state index is -0.284. The lowest BCUT2D eigenvalue weighted by molar-refractivity contribution is 0.102. The Morgan fingerprint density at radius 3 is 2.65 bits per heavy atom. The molecule has 2 aromatic heterocycles. The molecule has 156 valence electrons. The van der Waals surface area contributed by atoms with E-state index in [1.165, 1.54) is 0 Å². The van der Waals surface area contributed by atoms with Gasteiger partial charge in [0, 0.05) is 30.6 Å². The van der Waals surface area contributed by atoms with Crippen LogP contribution in [0.4, 0.5) is 5.69 Å². The summed E-state index contributed by atoms with van der Waals surface area (Å²) in [6.45, 7) is 0.267. The Bertz CT molecular complexity index is 1190. The summed E-state index contributed by atoms with van der Waals surface area (Å²) in [7, 11) is 3.47. The van der Waals surface area contributed by atoms with E-state index in [9.17, 15) is 4.79 Å².